The molecule has 0 aromatic heterocycles. The van der Waals surface area contributed by atoms with Crippen LogP contribution in [0.3, 0.4) is 0 Å². The number of nitrogens with one attached hydrogen (secondary N) is 2. The third-order valence-corrected chi connectivity index (χ3v) is 6.12. The molecular formula is C24H23BrCl3N3O4. The van der Waals surface area contributed by atoms with E-state index in [9.17, 15) is 4.79 Å². The van der Waals surface area contributed by atoms with Crippen molar-refractivity contribution in [3.8, 4) is 17.2 Å². The summed E-state index contributed by atoms with van der Waals surface area (Å²) in [7, 11) is 1.57. The van der Waals surface area contributed by atoms with E-state index in [2.05, 4.69) is 21.2 Å². The van der Waals surface area contributed by atoms with E-state index in [4.69, 9.17) is 60.5 Å². The number of rotatable bonds is 9. The molecule has 0 unspecified atom stereocenters. The number of phenolic OH excluding ortho intramolecular Hbond substituents is 1. The van der Waals surface area contributed by atoms with E-state index in [0.29, 0.717) is 41.2 Å². The number of carbonyl (C=O) groups excluding carboxylic acids is 1. The van der Waals surface area contributed by atoms with E-state index in [-0.39, 0.29) is 16.3 Å². The van der Waals surface area contributed by atoms with E-state index >= 15 is 0 Å². The zero-order valence-electron chi connectivity index (χ0n) is 18.6. The molecule has 0 spiro atoms. The molecule has 7 nitrogen and oxygen atoms in total. The van der Waals surface area contributed by atoms with Crippen molar-refractivity contribution in [3.05, 3.63) is 84.8 Å². The van der Waals surface area contributed by atoms with Gasteiger partial charge in [0, 0.05) is 24.9 Å². The molecule has 1 amide bonds. The Morgan fingerprint density at radius 3 is 2.46 bits per heavy atom. The average molecular weight is 604 g/mol. The van der Waals surface area contributed by atoms with E-state index < -0.39 is 5.91 Å². The Labute approximate surface area is 226 Å². The molecule has 0 radical (unpaired) electrons. The molecule has 3 rings (SSSR count). The highest BCUT2D eigenvalue weighted by Gasteiger charge is 2.11. The van der Waals surface area contributed by atoms with Gasteiger partial charge < -0.3 is 31.0 Å². The molecule has 5 N–H and O–H groups in total. The first-order valence-electron chi connectivity index (χ1n) is 10.1. The van der Waals surface area contributed by atoms with Crippen molar-refractivity contribution in [2.75, 3.05) is 20.3 Å². The molecule has 0 fully saturated rings. The predicted octanol–water partition coefficient (Wildman–Crippen LogP) is 6.08. The molecule has 11 heteroatoms. The minimum Gasteiger partial charge on any atom is -0.506 e. The van der Waals surface area contributed by atoms with Gasteiger partial charge in [0.05, 0.1) is 26.7 Å². The largest absolute Gasteiger partial charge is 0.506 e. The fraction of sp³-hybridized carbons (Fsp3) is 0.167. The molecule has 0 aliphatic heterocycles. The highest BCUT2D eigenvalue weighted by molar-refractivity contribution is 9.10. The van der Waals surface area contributed by atoms with Gasteiger partial charge in [0.1, 0.15) is 12.4 Å². The van der Waals surface area contributed by atoms with Crippen LogP contribution in [0, 0.1) is 5.41 Å². The van der Waals surface area contributed by atoms with Crippen molar-refractivity contribution in [1.82, 2.24) is 5.32 Å². The van der Waals surface area contributed by atoms with E-state index in [0.717, 1.165) is 15.6 Å². The number of aromatic hydroxyl groups is 1. The van der Waals surface area contributed by atoms with Gasteiger partial charge in [-0.1, -0.05) is 40.9 Å². The van der Waals surface area contributed by atoms with Crippen molar-refractivity contribution < 1.29 is 19.4 Å². The molecule has 0 aliphatic carbocycles. The van der Waals surface area contributed by atoms with Crippen LogP contribution in [0.5, 0.6) is 17.2 Å². The van der Waals surface area contributed by atoms with Crippen molar-refractivity contribution in [3.63, 3.8) is 0 Å². The number of primary amides is 1. The third kappa shape index (κ3) is 8.91. The first-order chi connectivity index (χ1) is 16.7. The zero-order chi connectivity index (χ0) is 26.0. The van der Waals surface area contributed by atoms with Crippen molar-refractivity contribution >= 4 is 62.9 Å². The first kappa shape index (κ1) is 28.7. The molecule has 0 saturated heterocycles. The number of carbonyl (C=O) groups is 1. The van der Waals surface area contributed by atoms with E-state index in [1.807, 2.05) is 18.2 Å². The van der Waals surface area contributed by atoms with Crippen LogP contribution in [-0.4, -0.2) is 37.5 Å². The molecule has 0 saturated carbocycles. The summed E-state index contributed by atoms with van der Waals surface area (Å²) in [5.41, 5.74) is 7.03. The topological polar surface area (TPSA) is 118 Å². The maximum Gasteiger partial charge on any atom is 0.248 e. The van der Waals surface area contributed by atoms with Crippen LogP contribution in [0.2, 0.25) is 15.1 Å². The number of hydrogen-bond acceptors (Lipinski definition) is 6. The molecule has 0 aliphatic rings. The smallest absolute Gasteiger partial charge is 0.248 e. The van der Waals surface area contributed by atoms with Crippen LogP contribution in [0.25, 0.3) is 0 Å². The summed E-state index contributed by atoms with van der Waals surface area (Å²) in [6.45, 7) is 1.80. The van der Waals surface area contributed by atoms with Gasteiger partial charge in [-0.3, -0.25) is 4.79 Å². The second-order valence-corrected chi connectivity index (χ2v) is 9.06. The predicted molar refractivity (Wildman–Crippen MR) is 144 cm³/mol. The number of nitrogens with two attached hydrogens (primary N) is 1. The normalized spacial score (nSPS) is 10.2. The summed E-state index contributed by atoms with van der Waals surface area (Å²) in [5, 5.41) is 20.8. The Bertz CT molecular complexity index is 1190. The molecule has 3 aromatic rings. The van der Waals surface area contributed by atoms with E-state index in [1.54, 1.807) is 19.2 Å². The van der Waals surface area contributed by atoms with Crippen molar-refractivity contribution in [1.29, 1.82) is 5.41 Å². The lowest BCUT2D eigenvalue weighted by molar-refractivity contribution is 0.100. The Morgan fingerprint density at radius 1 is 1.11 bits per heavy atom. The summed E-state index contributed by atoms with van der Waals surface area (Å²) in [4.78, 5) is 10.5. The van der Waals surface area contributed by atoms with Gasteiger partial charge in [0.2, 0.25) is 5.91 Å². The van der Waals surface area contributed by atoms with Crippen LogP contribution >= 0.6 is 50.7 Å². The Balaban J connectivity index is 0.000000328. The number of benzene rings is 3. The molecule has 35 heavy (non-hydrogen) atoms. The number of phenols is 1. The lowest BCUT2D eigenvalue weighted by Gasteiger charge is -2.14. The van der Waals surface area contributed by atoms with Crippen LogP contribution < -0.4 is 20.5 Å². The zero-order valence-corrected chi connectivity index (χ0v) is 22.4. The van der Waals surface area contributed by atoms with Gasteiger partial charge in [-0.15, -0.1) is 0 Å². The van der Waals surface area contributed by atoms with Crippen LogP contribution in [-0.2, 0) is 6.54 Å². The summed E-state index contributed by atoms with van der Waals surface area (Å²) in [6.07, 6.45) is 1.26. The van der Waals surface area contributed by atoms with Gasteiger partial charge in [0.25, 0.3) is 0 Å². The second-order valence-electron chi connectivity index (χ2n) is 6.98. The number of ether oxygens (including phenoxy) is 2. The van der Waals surface area contributed by atoms with Gasteiger partial charge in [-0.25, -0.2) is 0 Å². The monoisotopic (exact) mass is 601 g/mol. The van der Waals surface area contributed by atoms with Gasteiger partial charge in [0.15, 0.2) is 11.5 Å². The fourth-order valence-corrected chi connectivity index (χ4v) is 3.81. The Hall–Kier alpha value is -2.49. The number of halogens is 4. The summed E-state index contributed by atoms with van der Waals surface area (Å²) >= 11 is 20.8. The highest BCUT2D eigenvalue weighted by Crippen LogP contribution is 2.36. The number of amides is 1. The first-order valence-corrected chi connectivity index (χ1v) is 12.0. The second kappa shape index (κ2) is 14.2. The summed E-state index contributed by atoms with van der Waals surface area (Å²) in [6, 6.07) is 13.2. The average Bonchev–Trinajstić information content (AvgIpc) is 2.83. The SMILES string of the molecule is COc1cc(C=N)cc(Br)c1OCCNCc1ccc(Cl)c(Cl)c1.NC(=O)c1ccc(O)c(Cl)c1. The Kier molecular flexibility index (Phi) is 11.6. The molecule has 0 heterocycles. The fourth-order valence-electron chi connectivity index (χ4n) is 2.73. The van der Waals surface area contributed by atoms with Crippen molar-refractivity contribution in [2.24, 2.45) is 5.73 Å². The van der Waals surface area contributed by atoms with Crippen LogP contribution in [0.1, 0.15) is 21.5 Å². The van der Waals surface area contributed by atoms with Crippen molar-refractivity contribution in [2.45, 2.75) is 6.54 Å². The summed E-state index contributed by atoms with van der Waals surface area (Å²) < 4.78 is 11.9. The van der Waals surface area contributed by atoms with Crippen LogP contribution in [0.4, 0.5) is 0 Å². The molecule has 186 valence electrons. The maximum absolute atomic E-state index is 10.5. The molecule has 0 bridgehead atoms. The lowest BCUT2D eigenvalue weighted by atomic mass is 10.2. The Morgan fingerprint density at radius 2 is 1.86 bits per heavy atom. The number of methoxy groups -OCH3 is 1. The minimum atomic E-state index is -0.563. The third-order valence-electron chi connectivity index (χ3n) is 4.49. The lowest BCUT2D eigenvalue weighted by Crippen LogP contribution is -2.20. The highest BCUT2D eigenvalue weighted by atomic mass is 79.9. The molecular weight excluding hydrogens is 581 g/mol. The van der Waals surface area contributed by atoms with E-state index in [1.165, 1.54) is 24.4 Å². The van der Waals surface area contributed by atoms with Gasteiger partial charge >= 0.3 is 0 Å². The maximum atomic E-state index is 10.5. The quantitative estimate of drug-likeness (QED) is 0.175. The number of hydrogen-bond donors (Lipinski definition) is 4. The molecule has 0 atom stereocenters. The standard InChI is InChI=1S/C17H17BrCl2N2O2.C7H6ClNO2/c1-23-16-8-12(9-21)6-13(18)17(16)24-5-4-22-10-11-2-3-14(19)15(20)7-11;8-5-3-4(7(9)11)1-2-6(5)10/h2-3,6-9,21-22H,4-5,10H2,1H3;1-3,10H,(H2,9,11). The molecule has 3 aromatic carbocycles. The van der Waals surface area contributed by atoms with Gasteiger partial charge in [-0.05, 0) is 69.5 Å². The minimum absolute atomic E-state index is 0.0586. The van der Waals surface area contributed by atoms with Gasteiger partial charge in [-0.2, -0.15) is 0 Å². The summed E-state index contributed by atoms with van der Waals surface area (Å²) in [5.74, 6) is 0.593. The van der Waals surface area contributed by atoms with Crippen LogP contribution in [0.15, 0.2) is 53.0 Å².